The molecule has 10 nitrogen and oxygen atoms in total. The number of benzene rings is 1. The smallest absolute Gasteiger partial charge is 0.293 e. The lowest BCUT2D eigenvalue weighted by molar-refractivity contribution is -0.384. The molecular weight excluding hydrogens is 460 g/mol. The second-order valence-electron chi connectivity index (χ2n) is 9.43. The van der Waals surface area contributed by atoms with E-state index in [9.17, 15) is 23.3 Å². The van der Waals surface area contributed by atoms with Gasteiger partial charge in [-0.3, -0.25) is 14.9 Å². The van der Waals surface area contributed by atoms with Crippen molar-refractivity contribution >= 4 is 27.3 Å². The fourth-order valence-corrected chi connectivity index (χ4v) is 6.75. The molecular formula is C23H34N4O6S. The highest BCUT2D eigenvalue weighted by Crippen LogP contribution is 2.35. The predicted octanol–water partition coefficient (Wildman–Crippen LogP) is 2.62. The van der Waals surface area contributed by atoms with Gasteiger partial charge in [-0.25, -0.2) is 8.42 Å². The number of hydrogen-bond acceptors (Lipinski definition) is 7. The molecule has 0 N–H and O–H groups in total. The number of carbonyl (C=O) groups is 1. The minimum atomic E-state index is -3.83. The summed E-state index contributed by atoms with van der Waals surface area (Å²) >= 11 is 0. The molecule has 2 heterocycles. The zero-order chi connectivity index (χ0) is 24.3. The standard InChI is InChI=1S/C23H34N4O6S/c1-24(19-5-3-2-4-6-19)23(28)18-9-11-25(12-10-18)21-8-7-20(17-22(21)27(29)30)34(31,32)26-13-15-33-16-14-26/h7-8,17-19H,2-6,9-16H2,1H3. The number of rotatable bonds is 6. The molecule has 1 saturated carbocycles. The van der Waals surface area contributed by atoms with Crippen LogP contribution in [0.3, 0.4) is 0 Å². The Balaban J connectivity index is 1.45. The Hall–Kier alpha value is -2.24. The summed E-state index contributed by atoms with van der Waals surface area (Å²) in [5.74, 6) is 0.0937. The fourth-order valence-electron chi connectivity index (χ4n) is 5.32. The normalized spacial score (nSPS) is 21.4. The van der Waals surface area contributed by atoms with Crippen molar-refractivity contribution in [3.63, 3.8) is 0 Å². The number of amides is 1. The molecule has 1 aromatic rings. The van der Waals surface area contributed by atoms with E-state index in [4.69, 9.17) is 4.74 Å². The summed E-state index contributed by atoms with van der Waals surface area (Å²) in [6, 6.07) is 4.46. The third-order valence-electron chi connectivity index (χ3n) is 7.41. The molecule has 1 aromatic carbocycles. The summed E-state index contributed by atoms with van der Waals surface area (Å²) in [7, 11) is -1.92. The van der Waals surface area contributed by atoms with E-state index in [0.29, 0.717) is 50.9 Å². The lowest BCUT2D eigenvalue weighted by atomic mass is 9.91. The Labute approximate surface area is 201 Å². The highest BCUT2D eigenvalue weighted by Gasteiger charge is 2.34. The van der Waals surface area contributed by atoms with E-state index in [1.165, 1.54) is 35.7 Å². The van der Waals surface area contributed by atoms with Crippen molar-refractivity contribution in [2.45, 2.75) is 55.9 Å². The molecule has 0 unspecified atom stereocenters. The van der Waals surface area contributed by atoms with Gasteiger partial charge in [0.05, 0.1) is 23.0 Å². The van der Waals surface area contributed by atoms with Crippen LogP contribution in [-0.4, -0.2) is 80.9 Å². The number of ether oxygens (including phenoxy) is 1. The summed E-state index contributed by atoms with van der Waals surface area (Å²) in [4.78, 5) is 28.1. The maximum absolute atomic E-state index is 13.0. The number of nitrogens with zero attached hydrogens (tertiary/aromatic N) is 4. The second-order valence-corrected chi connectivity index (χ2v) is 11.4. The van der Waals surface area contributed by atoms with Crippen LogP contribution in [0.2, 0.25) is 0 Å². The van der Waals surface area contributed by atoms with Crippen LogP contribution in [0.15, 0.2) is 23.1 Å². The molecule has 34 heavy (non-hydrogen) atoms. The first kappa shape index (κ1) is 24.9. The van der Waals surface area contributed by atoms with Gasteiger partial charge in [-0.1, -0.05) is 19.3 Å². The minimum absolute atomic E-state index is 0.0796. The van der Waals surface area contributed by atoms with Gasteiger partial charge in [0.25, 0.3) is 5.69 Å². The Morgan fingerprint density at radius 1 is 1.06 bits per heavy atom. The van der Waals surface area contributed by atoms with Gasteiger partial charge in [-0.15, -0.1) is 0 Å². The van der Waals surface area contributed by atoms with Crippen LogP contribution in [-0.2, 0) is 19.6 Å². The van der Waals surface area contributed by atoms with E-state index in [1.807, 2.05) is 16.8 Å². The molecule has 11 heteroatoms. The quantitative estimate of drug-likeness (QED) is 0.441. The van der Waals surface area contributed by atoms with Gasteiger partial charge < -0.3 is 14.5 Å². The van der Waals surface area contributed by atoms with Gasteiger partial charge in [-0.2, -0.15) is 4.31 Å². The summed E-state index contributed by atoms with van der Waals surface area (Å²) < 4.78 is 32.4. The number of sulfonamides is 1. The monoisotopic (exact) mass is 494 g/mol. The largest absolute Gasteiger partial charge is 0.379 e. The Morgan fingerprint density at radius 3 is 2.32 bits per heavy atom. The molecule has 1 aliphatic carbocycles. The van der Waals surface area contributed by atoms with Crippen molar-refractivity contribution < 1.29 is 22.9 Å². The fraction of sp³-hybridized carbons (Fsp3) is 0.696. The van der Waals surface area contributed by atoms with Crippen molar-refractivity contribution in [2.24, 2.45) is 5.92 Å². The minimum Gasteiger partial charge on any atom is -0.379 e. The maximum Gasteiger partial charge on any atom is 0.293 e. The molecule has 2 aliphatic heterocycles. The van der Waals surface area contributed by atoms with Crippen LogP contribution >= 0.6 is 0 Å². The van der Waals surface area contributed by atoms with Crippen LogP contribution in [0.25, 0.3) is 0 Å². The number of carbonyl (C=O) groups excluding carboxylic acids is 1. The molecule has 0 atom stereocenters. The SMILES string of the molecule is CN(C(=O)C1CCN(c2ccc(S(=O)(=O)N3CCOCC3)cc2[N+](=O)[O-])CC1)C1CCCCC1. The average molecular weight is 495 g/mol. The van der Waals surface area contributed by atoms with Crippen LogP contribution in [0, 0.1) is 16.0 Å². The van der Waals surface area contributed by atoms with E-state index in [0.717, 1.165) is 18.9 Å². The molecule has 4 rings (SSSR count). The van der Waals surface area contributed by atoms with Crippen LogP contribution in [0.4, 0.5) is 11.4 Å². The molecule has 3 aliphatic rings. The Kier molecular flexibility index (Phi) is 7.73. The first-order valence-electron chi connectivity index (χ1n) is 12.2. The van der Waals surface area contributed by atoms with Crippen molar-refractivity contribution in [2.75, 3.05) is 51.3 Å². The van der Waals surface area contributed by atoms with E-state index >= 15 is 0 Å². The van der Waals surface area contributed by atoms with Gasteiger partial charge in [-0.05, 0) is 37.8 Å². The van der Waals surface area contributed by atoms with Crippen LogP contribution < -0.4 is 4.90 Å². The zero-order valence-electron chi connectivity index (χ0n) is 19.7. The highest BCUT2D eigenvalue weighted by molar-refractivity contribution is 7.89. The zero-order valence-corrected chi connectivity index (χ0v) is 20.5. The van der Waals surface area contributed by atoms with Gasteiger partial charge >= 0.3 is 0 Å². The summed E-state index contributed by atoms with van der Waals surface area (Å²) in [6.45, 7) is 2.12. The molecule has 188 valence electrons. The van der Waals surface area contributed by atoms with E-state index in [-0.39, 0.29) is 35.5 Å². The number of nitro benzene ring substituents is 1. The summed E-state index contributed by atoms with van der Waals surface area (Å²) in [5, 5.41) is 11.8. The molecule has 3 fully saturated rings. The molecule has 0 spiro atoms. The number of hydrogen-bond donors (Lipinski definition) is 0. The predicted molar refractivity (Wildman–Crippen MR) is 127 cm³/mol. The summed E-state index contributed by atoms with van der Waals surface area (Å²) in [6.07, 6.45) is 6.95. The third kappa shape index (κ3) is 5.21. The Morgan fingerprint density at radius 2 is 1.71 bits per heavy atom. The molecule has 0 bridgehead atoms. The second kappa shape index (κ2) is 10.6. The van der Waals surface area contributed by atoms with Crippen LogP contribution in [0.5, 0.6) is 0 Å². The van der Waals surface area contributed by atoms with E-state index < -0.39 is 14.9 Å². The van der Waals surface area contributed by atoms with Crippen molar-refractivity contribution in [3.05, 3.63) is 28.3 Å². The average Bonchev–Trinajstić information content (AvgIpc) is 2.88. The molecule has 0 aromatic heterocycles. The number of piperidine rings is 1. The third-order valence-corrected chi connectivity index (χ3v) is 9.30. The lowest BCUT2D eigenvalue weighted by Gasteiger charge is -2.37. The van der Waals surface area contributed by atoms with Gasteiger partial charge in [0.1, 0.15) is 5.69 Å². The maximum atomic E-state index is 13.0. The number of nitro groups is 1. The van der Waals surface area contributed by atoms with Gasteiger partial charge in [0, 0.05) is 51.3 Å². The summed E-state index contributed by atoms with van der Waals surface area (Å²) in [5.41, 5.74) is 0.177. The first-order chi connectivity index (χ1) is 16.3. The molecule has 0 radical (unpaired) electrons. The van der Waals surface area contributed by atoms with Crippen molar-refractivity contribution in [1.82, 2.24) is 9.21 Å². The van der Waals surface area contributed by atoms with E-state index in [1.54, 1.807) is 0 Å². The van der Waals surface area contributed by atoms with Crippen molar-refractivity contribution in [3.8, 4) is 0 Å². The van der Waals surface area contributed by atoms with E-state index in [2.05, 4.69) is 0 Å². The number of anilines is 1. The number of morpholine rings is 1. The Bertz CT molecular complexity index is 997. The lowest BCUT2D eigenvalue weighted by Crippen LogP contribution is -2.45. The molecule has 1 amide bonds. The van der Waals surface area contributed by atoms with Crippen molar-refractivity contribution in [1.29, 1.82) is 0 Å². The van der Waals surface area contributed by atoms with Crippen LogP contribution in [0.1, 0.15) is 44.9 Å². The van der Waals surface area contributed by atoms with Gasteiger partial charge in [0.15, 0.2) is 0 Å². The van der Waals surface area contributed by atoms with Gasteiger partial charge in [0.2, 0.25) is 15.9 Å². The highest BCUT2D eigenvalue weighted by atomic mass is 32.2. The molecule has 2 saturated heterocycles. The topological polar surface area (TPSA) is 113 Å². The first-order valence-corrected chi connectivity index (χ1v) is 13.6.